The van der Waals surface area contributed by atoms with Gasteiger partial charge in [-0.15, -0.1) is 0 Å². The summed E-state index contributed by atoms with van der Waals surface area (Å²) in [6, 6.07) is 17.1. The second-order valence-electron chi connectivity index (χ2n) is 10.9. The number of anilines is 3. The molecule has 2 saturated heterocycles. The number of morpholine rings is 2. The van der Waals surface area contributed by atoms with Crippen LogP contribution in [0, 0.1) is 0 Å². The molecule has 0 atom stereocenters. The molecular weight excluding hydrogens is 516 g/mol. The van der Waals surface area contributed by atoms with Gasteiger partial charge in [-0.05, 0) is 29.7 Å². The fourth-order valence-corrected chi connectivity index (χ4v) is 5.80. The Hall–Kier alpha value is -3.99. The summed E-state index contributed by atoms with van der Waals surface area (Å²) in [5.74, 6) is 1.48. The van der Waals surface area contributed by atoms with Crippen molar-refractivity contribution >= 4 is 39.3 Å². The second-order valence-corrected chi connectivity index (χ2v) is 10.9. The molecule has 7 rings (SSSR count). The predicted molar refractivity (Wildman–Crippen MR) is 162 cm³/mol. The molecule has 2 aliphatic heterocycles. The van der Waals surface area contributed by atoms with E-state index in [4.69, 9.17) is 24.5 Å². The lowest BCUT2D eigenvalue weighted by Crippen LogP contribution is -2.37. The van der Waals surface area contributed by atoms with Gasteiger partial charge in [-0.25, -0.2) is 4.98 Å². The van der Waals surface area contributed by atoms with E-state index in [1.165, 1.54) is 16.3 Å². The third-order valence-corrected chi connectivity index (χ3v) is 8.16. The minimum absolute atomic E-state index is 0.675. The van der Waals surface area contributed by atoms with Crippen molar-refractivity contribution in [2.24, 2.45) is 14.1 Å². The average Bonchev–Trinajstić information content (AvgIpc) is 3.55. The predicted octanol–water partition coefficient (Wildman–Crippen LogP) is 3.98. The van der Waals surface area contributed by atoms with Crippen LogP contribution in [0.4, 0.5) is 17.5 Å². The normalized spacial score (nSPS) is 16.6. The van der Waals surface area contributed by atoms with Crippen molar-refractivity contribution in [2.45, 2.75) is 6.42 Å². The first-order valence-corrected chi connectivity index (χ1v) is 14.4. The number of benzene rings is 2. The molecule has 5 aromatic rings. The van der Waals surface area contributed by atoms with Gasteiger partial charge in [0.2, 0.25) is 5.95 Å². The van der Waals surface area contributed by atoms with Crippen LogP contribution in [0.15, 0.2) is 54.7 Å². The van der Waals surface area contributed by atoms with Crippen LogP contribution in [0.25, 0.3) is 33.1 Å². The molecule has 0 radical (unpaired) electrons. The zero-order chi connectivity index (χ0) is 27.8. The number of rotatable bonds is 7. The van der Waals surface area contributed by atoms with Gasteiger partial charge in [0.1, 0.15) is 5.82 Å². The van der Waals surface area contributed by atoms with Gasteiger partial charge in [-0.2, -0.15) is 10.1 Å². The molecule has 2 fully saturated rings. The maximum atomic E-state index is 5.59. The van der Waals surface area contributed by atoms with Crippen LogP contribution in [0.2, 0.25) is 0 Å². The van der Waals surface area contributed by atoms with Gasteiger partial charge in [-0.3, -0.25) is 9.58 Å². The molecule has 10 nitrogen and oxygen atoms in total. The van der Waals surface area contributed by atoms with E-state index in [9.17, 15) is 0 Å². The zero-order valence-electron chi connectivity index (χ0n) is 23.7. The molecule has 0 amide bonds. The first-order valence-electron chi connectivity index (χ1n) is 14.4. The molecule has 0 aliphatic carbocycles. The SMILES string of the molecule is Cn1ccc2ccc(Nc3cc(-c4ccc5c(CCN6CCOCC6)nn(C)c5c4)nc(N4CCOCC4)n3)cc21. The fourth-order valence-electron chi connectivity index (χ4n) is 5.80. The lowest BCUT2D eigenvalue weighted by Gasteiger charge is -2.27. The number of aromatic nitrogens is 5. The van der Waals surface area contributed by atoms with Crippen LogP contribution in [0.5, 0.6) is 0 Å². The van der Waals surface area contributed by atoms with Crippen LogP contribution in [0.1, 0.15) is 5.69 Å². The van der Waals surface area contributed by atoms with Crippen LogP contribution in [-0.2, 0) is 30.0 Å². The van der Waals surface area contributed by atoms with Crippen LogP contribution >= 0.6 is 0 Å². The van der Waals surface area contributed by atoms with E-state index in [0.29, 0.717) is 19.2 Å². The van der Waals surface area contributed by atoms with Gasteiger partial charge in [-0.1, -0.05) is 18.2 Å². The summed E-state index contributed by atoms with van der Waals surface area (Å²) in [4.78, 5) is 14.6. The second kappa shape index (κ2) is 11.1. The van der Waals surface area contributed by atoms with Crippen molar-refractivity contribution in [3.8, 4) is 11.3 Å². The van der Waals surface area contributed by atoms with E-state index < -0.39 is 0 Å². The molecule has 212 valence electrons. The van der Waals surface area contributed by atoms with Crippen LogP contribution in [0.3, 0.4) is 0 Å². The number of ether oxygens (including phenoxy) is 2. The van der Waals surface area contributed by atoms with E-state index in [2.05, 4.69) is 75.4 Å². The summed E-state index contributed by atoms with van der Waals surface area (Å²) in [5.41, 5.74) is 6.32. The lowest BCUT2D eigenvalue weighted by atomic mass is 10.1. The summed E-state index contributed by atoms with van der Waals surface area (Å²) in [7, 11) is 4.09. The molecule has 41 heavy (non-hydrogen) atoms. The van der Waals surface area contributed by atoms with Gasteiger partial charge in [0.25, 0.3) is 0 Å². The Morgan fingerprint density at radius 1 is 0.829 bits per heavy atom. The maximum Gasteiger partial charge on any atom is 0.228 e. The molecule has 0 unspecified atom stereocenters. The quantitative estimate of drug-likeness (QED) is 0.325. The van der Waals surface area contributed by atoms with Gasteiger partial charge in [0.15, 0.2) is 0 Å². The van der Waals surface area contributed by atoms with Gasteiger partial charge >= 0.3 is 0 Å². The van der Waals surface area contributed by atoms with Crippen molar-refractivity contribution in [3.05, 3.63) is 60.4 Å². The fraction of sp³-hybridized carbons (Fsp3) is 0.387. The van der Waals surface area contributed by atoms with Crippen molar-refractivity contribution in [1.29, 1.82) is 0 Å². The third kappa shape index (κ3) is 5.38. The van der Waals surface area contributed by atoms with E-state index >= 15 is 0 Å². The monoisotopic (exact) mass is 552 g/mol. The summed E-state index contributed by atoms with van der Waals surface area (Å²) < 4.78 is 15.2. The highest BCUT2D eigenvalue weighted by Gasteiger charge is 2.18. The molecule has 0 spiro atoms. The molecule has 3 aromatic heterocycles. The number of aryl methyl sites for hydroxylation is 2. The zero-order valence-corrected chi connectivity index (χ0v) is 23.7. The molecule has 10 heteroatoms. The Labute approximate surface area is 239 Å². The van der Waals surface area contributed by atoms with Crippen LogP contribution < -0.4 is 10.2 Å². The van der Waals surface area contributed by atoms with Gasteiger partial charge in [0.05, 0.1) is 43.3 Å². The Morgan fingerprint density at radius 3 is 2.46 bits per heavy atom. The maximum absolute atomic E-state index is 5.59. The average molecular weight is 553 g/mol. The number of hydrogen-bond acceptors (Lipinski definition) is 8. The lowest BCUT2D eigenvalue weighted by molar-refractivity contribution is 0.0383. The summed E-state index contributed by atoms with van der Waals surface area (Å²) in [6.07, 6.45) is 3.00. The van der Waals surface area contributed by atoms with Crippen molar-refractivity contribution in [3.63, 3.8) is 0 Å². The highest BCUT2D eigenvalue weighted by atomic mass is 16.5. The summed E-state index contributed by atoms with van der Waals surface area (Å²) >= 11 is 0. The number of nitrogens with one attached hydrogen (secondary N) is 1. The molecule has 2 aliphatic rings. The first kappa shape index (κ1) is 25.9. The van der Waals surface area contributed by atoms with E-state index in [1.54, 1.807) is 0 Å². The Morgan fingerprint density at radius 2 is 1.63 bits per heavy atom. The molecule has 2 aromatic carbocycles. The number of nitrogens with zero attached hydrogens (tertiary/aromatic N) is 7. The Kier molecular flexibility index (Phi) is 7.03. The first-order chi connectivity index (χ1) is 20.1. The van der Waals surface area contributed by atoms with Crippen molar-refractivity contribution in [1.82, 2.24) is 29.2 Å². The van der Waals surface area contributed by atoms with Crippen molar-refractivity contribution in [2.75, 3.05) is 69.4 Å². The van der Waals surface area contributed by atoms with E-state index in [0.717, 1.165) is 86.3 Å². The molecule has 1 N–H and O–H groups in total. The molecule has 0 saturated carbocycles. The molecule has 0 bridgehead atoms. The number of fused-ring (bicyclic) bond motifs is 2. The summed E-state index contributed by atoms with van der Waals surface area (Å²) in [6.45, 7) is 7.49. The third-order valence-electron chi connectivity index (χ3n) is 8.16. The van der Waals surface area contributed by atoms with E-state index in [1.807, 2.05) is 17.8 Å². The molecular formula is C31H36N8O2. The minimum Gasteiger partial charge on any atom is -0.379 e. The largest absolute Gasteiger partial charge is 0.379 e. The smallest absolute Gasteiger partial charge is 0.228 e. The summed E-state index contributed by atoms with van der Waals surface area (Å²) in [5, 5.41) is 10.8. The van der Waals surface area contributed by atoms with Crippen LogP contribution in [-0.4, -0.2) is 88.4 Å². The topological polar surface area (TPSA) is 85.5 Å². The number of hydrogen-bond donors (Lipinski definition) is 1. The highest BCUT2D eigenvalue weighted by molar-refractivity contribution is 5.87. The molecule has 5 heterocycles. The van der Waals surface area contributed by atoms with Gasteiger partial charge in [0, 0.05) is 87.7 Å². The van der Waals surface area contributed by atoms with Gasteiger partial charge < -0.3 is 24.3 Å². The highest BCUT2D eigenvalue weighted by Crippen LogP contribution is 2.30. The minimum atomic E-state index is 0.675. The Balaban J connectivity index is 1.21. The van der Waals surface area contributed by atoms with E-state index in [-0.39, 0.29) is 0 Å². The van der Waals surface area contributed by atoms with Crippen molar-refractivity contribution < 1.29 is 9.47 Å². The standard InChI is InChI=1S/C31H36N8O2/c1-36-9-7-22-3-5-24(20-28(22)36)32-30-21-27(33-31(34-30)39-13-17-41-18-14-39)23-4-6-25-26(35-37(2)29(25)19-23)8-10-38-11-15-40-16-12-38/h3-7,9,19-21H,8,10-18H2,1-2H3,(H,32,33,34). The Bertz CT molecular complexity index is 1680.